The molecule has 26 heavy (non-hydrogen) atoms. The Bertz CT molecular complexity index is 1130. The van der Waals surface area contributed by atoms with Crippen LogP contribution < -0.4 is 0 Å². The van der Waals surface area contributed by atoms with Crippen LogP contribution in [-0.4, -0.2) is 43.2 Å². The van der Waals surface area contributed by atoms with Crippen LogP contribution in [0.15, 0.2) is 54.9 Å². The van der Waals surface area contributed by atoms with Gasteiger partial charge < -0.3 is 9.47 Å². The Morgan fingerprint density at radius 1 is 1.08 bits per heavy atom. The summed E-state index contributed by atoms with van der Waals surface area (Å²) in [5.41, 5.74) is 3.63. The van der Waals surface area contributed by atoms with Crippen molar-refractivity contribution < 1.29 is 4.79 Å². The second kappa shape index (κ2) is 5.69. The van der Waals surface area contributed by atoms with E-state index in [2.05, 4.69) is 20.7 Å². The summed E-state index contributed by atoms with van der Waals surface area (Å²) in [5, 5.41) is 5.39. The molecule has 0 radical (unpaired) electrons. The summed E-state index contributed by atoms with van der Waals surface area (Å²) in [4.78, 5) is 19.5. The van der Waals surface area contributed by atoms with Gasteiger partial charge in [-0.15, -0.1) is 0 Å². The van der Waals surface area contributed by atoms with E-state index in [0.29, 0.717) is 12.2 Å². The third kappa shape index (κ3) is 2.22. The van der Waals surface area contributed by atoms with Crippen molar-refractivity contribution in [1.82, 2.24) is 24.2 Å². The Morgan fingerprint density at radius 2 is 1.85 bits per heavy atom. The lowest BCUT2D eigenvalue weighted by molar-refractivity contribution is 0.0783. The molecule has 6 heteroatoms. The SMILES string of the molecule is Cn1nc(C(=O)N2CCC(n3cnc4ccccc43)C2)c2ccccc21. The fourth-order valence-corrected chi connectivity index (χ4v) is 3.94. The standard InChI is InChI=1S/C20H19N5O/c1-23-17-8-4-2-6-15(17)19(22-23)20(26)24-11-10-14(12-24)25-13-21-16-7-3-5-9-18(16)25/h2-9,13-14H,10-12H2,1H3. The molecule has 0 bridgehead atoms. The van der Waals surface area contributed by atoms with Gasteiger partial charge in [-0.05, 0) is 24.6 Å². The monoisotopic (exact) mass is 345 g/mol. The first kappa shape index (κ1) is 15.1. The largest absolute Gasteiger partial charge is 0.335 e. The maximum atomic E-state index is 13.1. The van der Waals surface area contributed by atoms with Gasteiger partial charge in [-0.2, -0.15) is 5.10 Å². The molecule has 1 atom stereocenters. The number of aromatic nitrogens is 4. The van der Waals surface area contributed by atoms with Crippen LogP contribution in [0.4, 0.5) is 0 Å². The number of imidazole rings is 1. The number of amides is 1. The predicted molar refractivity (Wildman–Crippen MR) is 100 cm³/mol. The zero-order chi connectivity index (χ0) is 17.7. The van der Waals surface area contributed by atoms with Crippen molar-refractivity contribution in [3.63, 3.8) is 0 Å². The third-order valence-electron chi connectivity index (χ3n) is 5.29. The normalized spacial score (nSPS) is 17.4. The number of hydrogen-bond acceptors (Lipinski definition) is 3. The van der Waals surface area contributed by atoms with Crippen LogP contribution in [0.1, 0.15) is 23.0 Å². The molecule has 6 nitrogen and oxygen atoms in total. The van der Waals surface area contributed by atoms with Gasteiger partial charge in [0.15, 0.2) is 5.69 Å². The minimum atomic E-state index is 0.00807. The van der Waals surface area contributed by atoms with Gasteiger partial charge in [-0.25, -0.2) is 4.98 Å². The van der Waals surface area contributed by atoms with Gasteiger partial charge in [0.1, 0.15) is 0 Å². The summed E-state index contributed by atoms with van der Waals surface area (Å²) in [6.07, 6.45) is 2.82. The zero-order valence-corrected chi connectivity index (χ0v) is 14.5. The van der Waals surface area contributed by atoms with Crippen molar-refractivity contribution in [2.75, 3.05) is 13.1 Å². The fourth-order valence-electron chi connectivity index (χ4n) is 3.94. The maximum absolute atomic E-state index is 13.1. The smallest absolute Gasteiger partial charge is 0.275 e. The summed E-state index contributed by atoms with van der Waals surface area (Å²) < 4.78 is 3.97. The summed E-state index contributed by atoms with van der Waals surface area (Å²) in [5.74, 6) is 0.00807. The number of nitrogens with zero attached hydrogens (tertiary/aromatic N) is 5. The summed E-state index contributed by atoms with van der Waals surface area (Å²) >= 11 is 0. The average Bonchev–Trinajstić information content (AvgIpc) is 3.38. The molecule has 1 fully saturated rings. The van der Waals surface area contributed by atoms with Gasteiger partial charge in [0.05, 0.1) is 28.9 Å². The van der Waals surface area contributed by atoms with Crippen molar-refractivity contribution in [3.05, 3.63) is 60.6 Å². The lowest BCUT2D eigenvalue weighted by atomic mass is 10.2. The van der Waals surface area contributed by atoms with Gasteiger partial charge in [-0.3, -0.25) is 9.48 Å². The minimum absolute atomic E-state index is 0.00807. The van der Waals surface area contributed by atoms with Crippen LogP contribution in [0.25, 0.3) is 21.9 Å². The third-order valence-corrected chi connectivity index (χ3v) is 5.29. The lowest BCUT2D eigenvalue weighted by Crippen LogP contribution is -2.29. The Morgan fingerprint density at radius 3 is 2.73 bits per heavy atom. The summed E-state index contributed by atoms with van der Waals surface area (Å²) in [6, 6.07) is 16.2. The molecule has 0 N–H and O–H groups in total. The van der Waals surface area contributed by atoms with Gasteiger partial charge in [0.25, 0.3) is 5.91 Å². The molecule has 0 spiro atoms. The Hall–Kier alpha value is -3.15. The Kier molecular flexibility index (Phi) is 3.31. The van der Waals surface area contributed by atoms with Crippen LogP contribution >= 0.6 is 0 Å². The molecule has 2 aromatic carbocycles. The van der Waals surface area contributed by atoms with E-state index in [9.17, 15) is 4.79 Å². The summed E-state index contributed by atoms with van der Waals surface area (Å²) in [6.45, 7) is 1.42. The van der Waals surface area contributed by atoms with Crippen LogP contribution in [0.5, 0.6) is 0 Å². The van der Waals surface area contributed by atoms with E-state index in [1.807, 2.05) is 60.7 Å². The van der Waals surface area contributed by atoms with Gasteiger partial charge in [-0.1, -0.05) is 30.3 Å². The second-order valence-electron chi connectivity index (χ2n) is 6.82. The van der Waals surface area contributed by atoms with Crippen molar-refractivity contribution in [2.24, 2.45) is 7.05 Å². The Labute approximate surface area is 150 Å². The zero-order valence-electron chi connectivity index (χ0n) is 14.5. The highest BCUT2D eigenvalue weighted by Crippen LogP contribution is 2.28. The van der Waals surface area contributed by atoms with E-state index in [0.717, 1.165) is 34.9 Å². The molecule has 1 aliphatic heterocycles. The molecule has 0 aliphatic carbocycles. The van der Waals surface area contributed by atoms with Crippen LogP contribution in [0, 0.1) is 0 Å². The number of aryl methyl sites for hydroxylation is 1. The van der Waals surface area contributed by atoms with Gasteiger partial charge in [0.2, 0.25) is 0 Å². The quantitative estimate of drug-likeness (QED) is 0.561. The Balaban J connectivity index is 1.44. The van der Waals surface area contributed by atoms with E-state index in [1.54, 1.807) is 4.68 Å². The molecule has 3 heterocycles. The first-order valence-corrected chi connectivity index (χ1v) is 8.85. The summed E-state index contributed by atoms with van der Waals surface area (Å²) in [7, 11) is 1.88. The second-order valence-corrected chi connectivity index (χ2v) is 6.82. The molecule has 1 saturated heterocycles. The maximum Gasteiger partial charge on any atom is 0.275 e. The number of benzene rings is 2. The molecule has 2 aromatic heterocycles. The average molecular weight is 345 g/mol. The van der Waals surface area contributed by atoms with E-state index in [1.165, 1.54) is 0 Å². The number of para-hydroxylation sites is 3. The number of carbonyl (C=O) groups is 1. The highest BCUT2D eigenvalue weighted by molar-refractivity contribution is 6.04. The van der Waals surface area contributed by atoms with Gasteiger partial charge in [0, 0.05) is 25.5 Å². The number of likely N-dealkylation sites (tertiary alicyclic amines) is 1. The van der Waals surface area contributed by atoms with Crippen molar-refractivity contribution in [2.45, 2.75) is 12.5 Å². The van der Waals surface area contributed by atoms with E-state index >= 15 is 0 Å². The molecule has 4 aromatic rings. The number of rotatable bonds is 2. The van der Waals surface area contributed by atoms with Crippen LogP contribution in [-0.2, 0) is 7.05 Å². The molecule has 1 amide bonds. The van der Waals surface area contributed by atoms with Crippen molar-refractivity contribution >= 4 is 27.8 Å². The topological polar surface area (TPSA) is 56.0 Å². The van der Waals surface area contributed by atoms with E-state index in [4.69, 9.17) is 0 Å². The molecule has 0 saturated carbocycles. The molecule has 1 unspecified atom stereocenters. The lowest BCUT2D eigenvalue weighted by Gasteiger charge is -2.16. The highest BCUT2D eigenvalue weighted by Gasteiger charge is 2.30. The van der Waals surface area contributed by atoms with Gasteiger partial charge >= 0.3 is 0 Å². The molecule has 5 rings (SSSR count). The van der Waals surface area contributed by atoms with E-state index < -0.39 is 0 Å². The first-order chi connectivity index (χ1) is 12.7. The van der Waals surface area contributed by atoms with Crippen molar-refractivity contribution in [1.29, 1.82) is 0 Å². The fraction of sp³-hybridized carbons (Fsp3) is 0.250. The highest BCUT2D eigenvalue weighted by atomic mass is 16.2. The van der Waals surface area contributed by atoms with Crippen LogP contribution in [0.3, 0.4) is 0 Å². The van der Waals surface area contributed by atoms with Crippen molar-refractivity contribution in [3.8, 4) is 0 Å². The van der Waals surface area contributed by atoms with E-state index in [-0.39, 0.29) is 11.9 Å². The minimum Gasteiger partial charge on any atom is -0.335 e. The number of carbonyl (C=O) groups excluding carboxylic acids is 1. The molecule has 1 aliphatic rings. The molecular formula is C20H19N5O. The number of hydrogen-bond donors (Lipinski definition) is 0. The predicted octanol–water partition coefficient (Wildman–Crippen LogP) is 3.01. The number of fused-ring (bicyclic) bond motifs is 2. The molecular weight excluding hydrogens is 326 g/mol. The van der Waals surface area contributed by atoms with Crippen LogP contribution in [0.2, 0.25) is 0 Å². The first-order valence-electron chi connectivity index (χ1n) is 8.85. The molecule has 130 valence electrons.